The molecule has 1 aliphatic rings. The second kappa shape index (κ2) is 8.88. The van der Waals surface area contributed by atoms with E-state index in [2.05, 4.69) is 0 Å². The van der Waals surface area contributed by atoms with Crippen LogP contribution in [-0.2, 0) is 11.3 Å². The van der Waals surface area contributed by atoms with E-state index in [1.165, 1.54) is 11.3 Å². The maximum atomic E-state index is 13.3. The molecule has 1 aromatic heterocycles. The fraction of sp³-hybridized carbons (Fsp3) is 0.200. The van der Waals surface area contributed by atoms with E-state index in [9.17, 15) is 14.7 Å². The van der Waals surface area contributed by atoms with Crippen LogP contribution in [0.15, 0.2) is 77.4 Å². The predicted molar refractivity (Wildman–Crippen MR) is 125 cm³/mol. The highest BCUT2D eigenvalue weighted by Gasteiger charge is 2.43. The molecule has 164 valence electrons. The summed E-state index contributed by atoms with van der Waals surface area (Å²) in [5.74, 6) is -0.655. The number of amides is 1. The van der Waals surface area contributed by atoms with Gasteiger partial charge in [0.1, 0.15) is 5.75 Å². The molecule has 0 saturated heterocycles. The quantitative estimate of drug-likeness (QED) is 0.535. The van der Waals surface area contributed by atoms with Gasteiger partial charge < -0.3 is 19.6 Å². The van der Waals surface area contributed by atoms with Gasteiger partial charge in [-0.3, -0.25) is 9.59 Å². The molecular weight excluding hydrogens is 424 g/mol. The summed E-state index contributed by atoms with van der Waals surface area (Å²) in [6, 6.07) is 17.9. The van der Waals surface area contributed by atoms with Gasteiger partial charge in [0.2, 0.25) is 5.78 Å². The van der Waals surface area contributed by atoms with Gasteiger partial charge in [-0.1, -0.05) is 30.3 Å². The molecule has 1 amide bonds. The Kier molecular flexibility index (Phi) is 6.01. The van der Waals surface area contributed by atoms with Gasteiger partial charge in [-0.25, -0.2) is 0 Å². The Hall–Kier alpha value is -3.58. The number of methoxy groups -OCH3 is 1. The smallest absolute Gasteiger partial charge is 0.290 e. The molecule has 0 aliphatic carbocycles. The minimum atomic E-state index is -0.685. The van der Waals surface area contributed by atoms with Gasteiger partial charge in [0.25, 0.3) is 5.91 Å². The number of thiophene rings is 1. The third kappa shape index (κ3) is 3.99. The lowest BCUT2D eigenvalue weighted by Crippen LogP contribution is -2.30. The van der Waals surface area contributed by atoms with E-state index < -0.39 is 17.7 Å². The zero-order valence-corrected chi connectivity index (χ0v) is 18.9. The van der Waals surface area contributed by atoms with Gasteiger partial charge in [-0.05, 0) is 46.8 Å². The number of hydrogen-bond donors (Lipinski definition) is 1. The highest BCUT2D eigenvalue weighted by Crippen LogP contribution is 2.40. The Bertz CT molecular complexity index is 1150. The molecule has 32 heavy (non-hydrogen) atoms. The molecule has 4 rings (SSSR count). The van der Waals surface area contributed by atoms with Crippen molar-refractivity contribution in [1.82, 2.24) is 4.90 Å². The van der Waals surface area contributed by atoms with Crippen molar-refractivity contribution in [3.05, 3.63) is 93.4 Å². The van der Waals surface area contributed by atoms with E-state index in [0.717, 1.165) is 16.8 Å². The van der Waals surface area contributed by atoms with Crippen LogP contribution in [0.1, 0.15) is 26.8 Å². The van der Waals surface area contributed by atoms with Crippen LogP contribution in [0.25, 0.3) is 0 Å². The second-order valence-corrected chi connectivity index (χ2v) is 8.69. The van der Waals surface area contributed by atoms with E-state index in [0.29, 0.717) is 10.6 Å². The number of ketones is 1. The van der Waals surface area contributed by atoms with Crippen LogP contribution in [0.4, 0.5) is 5.69 Å². The Labute approximate surface area is 191 Å². The topological polar surface area (TPSA) is 70.1 Å². The minimum absolute atomic E-state index is 0.114. The average molecular weight is 449 g/mol. The van der Waals surface area contributed by atoms with Crippen molar-refractivity contribution in [2.75, 3.05) is 26.1 Å². The van der Waals surface area contributed by atoms with Crippen molar-refractivity contribution in [3.63, 3.8) is 0 Å². The lowest BCUT2D eigenvalue weighted by molar-refractivity contribution is -0.130. The molecule has 2 aromatic carbocycles. The summed E-state index contributed by atoms with van der Waals surface area (Å²) < 4.78 is 5.21. The highest BCUT2D eigenvalue weighted by atomic mass is 32.1. The number of benzene rings is 2. The molecule has 0 bridgehead atoms. The third-order valence-electron chi connectivity index (χ3n) is 5.53. The molecule has 1 unspecified atom stereocenters. The first kappa shape index (κ1) is 21.6. The molecule has 1 N–H and O–H groups in total. The number of Topliss-reactive ketones (excluding diaryl/α,β-unsaturated/α-hetero) is 1. The lowest BCUT2D eigenvalue weighted by Gasteiger charge is -2.27. The van der Waals surface area contributed by atoms with Crippen molar-refractivity contribution in [1.29, 1.82) is 0 Å². The Balaban J connectivity index is 1.75. The van der Waals surface area contributed by atoms with Gasteiger partial charge in [-0.15, -0.1) is 11.3 Å². The largest absolute Gasteiger partial charge is 0.503 e. The number of ether oxygens (including phenoxy) is 1. The van der Waals surface area contributed by atoms with Crippen LogP contribution in [0.5, 0.6) is 5.75 Å². The number of carbonyl (C=O) groups excluding carboxylic acids is 2. The molecule has 2 heterocycles. The summed E-state index contributed by atoms with van der Waals surface area (Å²) >= 11 is 1.29. The molecule has 0 radical (unpaired) electrons. The van der Waals surface area contributed by atoms with Crippen molar-refractivity contribution < 1.29 is 19.4 Å². The van der Waals surface area contributed by atoms with Gasteiger partial charge in [0, 0.05) is 26.3 Å². The molecule has 0 spiro atoms. The summed E-state index contributed by atoms with van der Waals surface area (Å²) in [6.45, 7) is 0.244. The van der Waals surface area contributed by atoms with Crippen LogP contribution < -0.4 is 9.64 Å². The van der Waals surface area contributed by atoms with Gasteiger partial charge in [0.05, 0.1) is 23.6 Å². The van der Waals surface area contributed by atoms with E-state index in [-0.39, 0.29) is 17.9 Å². The first-order chi connectivity index (χ1) is 15.4. The zero-order chi connectivity index (χ0) is 22.8. The molecule has 3 aromatic rings. The summed E-state index contributed by atoms with van der Waals surface area (Å²) in [7, 11) is 5.49. The number of nitrogens with zero attached hydrogens (tertiary/aromatic N) is 2. The molecule has 1 aliphatic heterocycles. The number of carbonyl (C=O) groups is 2. The number of rotatable bonds is 7. The summed E-state index contributed by atoms with van der Waals surface area (Å²) in [4.78, 5) is 30.4. The standard InChI is InChI=1S/C25H24N2O4S/c1-26(2)18-10-8-17(9-11-18)22-21(23(28)20-5-4-14-32-20)24(29)25(30)27(22)15-16-6-12-19(31-3)13-7-16/h4-14,22,29H,15H2,1-3H3. The first-order valence-electron chi connectivity index (χ1n) is 10.1. The van der Waals surface area contributed by atoms with Crippen molar-refractivity contribution in [2.45, 2.75) is 12.6 Å². The number of hydrogen-bond acceptors (Lipinski definition) is 6. The maximum absolute atomic E-state index is 13.3. The summed E-state index contributed by atoms with van der Waals surface area (Å²) in [5.41, 5.74) is 2.75. The SMILES string of the molecule is COc1ccc(CN2C(=O)C(O)=C(C(=O)c3cccs3)C2c2ccc(N(C)C)cc2)cc1. The van der Waals surface area contributed by atoms with E-state index in [1.807, 2.05) is 67.5 Å². The van der Waals surface area contributed by atoms with E-state index in [1.54, 1.807) is 29.5 Å². The monoisotopic (exact) mass is 448 g/mol. The highest BCUT2D eigenvalue weighted by molar-refractivity contribution is 7.12. The van der Waals surface area contributed by atoms with Crippen molar-refractivity contribution in [2.24, 2.45) is 0 Å². The molecule has 1 atom stereocenters. The molecule has 7 heteroatoms. The average Bonchev–Trinajstić information content (AvgIpc) is 3.43. The lowest BCUT2D eigenvalue weighted by atomic mass is 9.95. The summed E-state index contributed by atoms with van der Waals surface area (Å²) in [5, 5.41) is 12.6. The Morgan fingerprint density at radius 2 is 1.78 bits per heavy atom. The molecule has 0 fully saturated rings. The Morgan fingerprint density at radius 1 is 1.09 bits per heavy atom. The zero-order valence-electron chi connectivity index (χ0n) is 18.1. The van der Waals surface area contributed by atoms with E-state index >= 15 is 0 Å². The normalized spacial score (nSPS) is 15.9. The fourth-order valence-corrected chi connectivity index (χ4v) is 4.50. The fourth-order valence-electron chi connectivity index (χ4n) is 3.82. The second-order valence-electron chi connectivity index (χ2n) is 7.74. The number of aliphatic hydroxyl groups is 1. The molecular formula is C25H24N2O4S. The predicted octanol–water partition coefficient (Wildman–Crippen LogP) is 4.60. The molecule has 6 nitrogen and oxygen atoms in total. The van der Waals surface area contributed by atoms with Crippen LogP contribution in [-0.4, -0.2) is 42.9 Å². The van der Waals surface area contributed by atoms with Crippen LogP contribution >= 0.6 is 11.3 Å². The first-order valence-corrected chi connectivity index (χ1v) is 11.0. The van der Waals surface area contributed by atoms with Crippen LogP contribution in [0.3, 0.4) is 0 Å². The van der Waals surface area contributed by atoms with Gasteiger partial charge in [-0.2, -0.15) is 0 Å². The van der Waals surface area contributed by atoms with Crippen LogP contribution in [0, 0.1) is 0 Å². The van der Waals surface area contributed by atoms with Gasteiger partial charge in [0.15, 0.2) is 5.76 Å². The maximum Gasteiger partial charge on any atom is 0.290 e. The summed E-state index contributed by atoms with van der Waals surface area (Å²) in [6.07, 6.45) is 0. The van der Waals surface area contributed by atoms with Crippen molar-refractivity contribution >= 4 is 28.7 Å². The minimum Gasteiger partial charge on any atom is -0.503 e. The Morgan fingerprint density at radius 3 is 2.34 bits per heavy atom. The van der Waals surface area contributed by atoms with Gasteiger partial charge >= 0.3 is 0 Å². The van der Waals surface area contributed by atoms with Crippen LogP contribution in [0.2, 0.25) is 0 Å². The number of anilines is 1. The van der Waals surface area contributed by atoms with E-state index in [4.69, 9.17) is 4.74 Å². The molecule has 0 saturated carbocycles. The third-order valence-corrected chi connectivity index (χ3v) is 6.40. The number of aliphatic hydroxyl groups excluding tert-OH is 1. The van der Waals surface area contributed by atoms with Crippen molar-refractivity contribution in [3.8, 4) is 5.75 Å².